The highest BCUT2D eigenvalue weighted by molar-refractivity contribution is 5.76. The molecule has 1 aliphatic heterocycles. The minimum Gasteiger partial charge on any atom is -0.495 e. The lowest BCUT2D eigenvalue weighted by molar-refractivity contribution is 0.0498. The Bertz CT molecular complexity index is 1260. The summed E-state index contributed by atoms with van der Waals surface area (Å²) in [5.74, 6) is 1.68. The highest BCUT2D eigenvalue weighted by atomic mass is 16.6. The van der Waals surface area contributed by atoms with E-state index in [1.165, 1.54) is 11.1 Å². The second-order valence-electron chi connectivity index (χ2n) is 10.9. The van der Waals surface area contributed by atoms with E-state index in [0.29, 0.717) is 18.4 Å². The molecule has 0 atom stereocenters. The maximum Gasteiger partial charge on any atom is 0.407 e. The third-order valence-corrected chi connectivity index (χ3v) is 6.80. The number of amides is 1. The van der Waals surface area contributed by atoms with Gasteiger partial charge in [0.15, 0.2) is 5.65 Å². The van der Waals surface area contributed by atoms with Crippen molar-refractivity contribution < 1.29 is 14.3 Å². The maximum absolute atomic E-state index is 11.9. The highest BCUT2D eigenvalue weighted by Crippen LogP contribution is 2.39. The molecule has 3 aromatic rings. The molecule has 10 nitrogen and oxygen atoms in total. The van der Waals surface area contributed by atoms with Crippen molar-refractivity contribution in [3.8, 4) is 5.75 Å². The van der Waals surface area contributed by atoms with Crippen molar-refractivity contribution in [1.82, 2.24) is 30.0 Å². The molecule has 0 saturated heterocycles. The van der Waals surface area contributed by atoms with Crippen LogP contribution in [0.1, 0.15) is 50.8 Å². The summed E-state index contributed by atoms with van der Waals surface area (Å²) < 4.78 is 13.0. The zero-order valence-corrected chi connectivity index (χ0v) is 21.7. The number of carbonyl (C=O) groups is 1. The molecule has 0 bridgehead atoms. The quantitative estimate of drug-likeness (QED) is 0.530. The monoisotopic (exact) mass is 493 g/mol. The van der Waals surface area contributed by atoms with Crippen LogP contribution in [0.2, 0.25) is 0 Å². The number of aromatic nitrogens is 4. The Balaban J connectivity index is 1.27. The molecule has 1 saturated carbocycles. The average Bonchev–Trinajstić information content (AvgIpc) is 3.19. The number of fused-ring (bicyclic) bond motifs is 2. The van der Waals surface area contributed by atoms with Crippen LogP contribution < -0.4 is 15.4 Å². The van der Waals surface area contributed by atoms with Crippen LogP contribution in [0.3, 0.4) is 0 Å². The number of rotatable bonds is 6. The molecule has 5 rings (SSSR count). The fraction of sp³-hybridized carbons (Fsp3) is 0.538. The first-order valence-electron chi connectivity index (χ1n) is 12.5. The van der Waals surface area contributed by atoms with Crippen molar-refractivity contribution in [3.05, 3.63) is 35.7 Å². The summed E-state index contributed by atoms with van der Waals surface area (Å²) in [6.45, 7) is 8.14. The number of benzene rings is 1. The standard InChI is InChI=1S/C26H35N7O3/c1-26(2,3)36-25(34)28-12-16-8-20(9-16)33-23-19(14-29-33)13-27-24(31-23)30-21-10-18-15-32(4)7-6-17(18)11-22(21)35-5/h10-11,13-14,16,20H,6-9,12,15H2,1-5H3,(H,28,34)(H,27,30,31). The second-order valence-corrected chi connectivity index (χ2v) is 10.9. The van der Waals surface area contributed by atoms with Crippen LogP contribution in [-0.4, -0.2) is 63.6 Å². The largest absolute Gasteiger partial charge is 0.495 e. The maximum atomic E-state index is 11.9. The van der Waals surface area contributed by atoms with Gasteiger partial charge in [-0.1, -0.05) is 0 Å². The summed E-state index contributed by atoms with van der Waals surface area (Å²) >= 11 is 0. The van der Waals surface area contributed by atoms with Crippen LogP contribution in [0.15, 0.2) is 24.5 Å². The minimum atomic E-state index is -0.495. The fourth-order valence-electron chi connectivity index (χ4n) is 4.89. The molecule has 1 aliphatic carbocycles. The molecule has 10 heteroatoms. The number of hydrogen-bond acceptors (Lipinski definition) is 8. The summed E-state index contributed by atoms with van der Waals surface area (Å²) in [4.78, 5) is 23.6. The van der Waals surface area contributed by atoms with Gasteiger partial charge in [-0.2, -0.15) is 10.1 Å². The van der Waals surface area contributed by atoms with Gasteiger partial charge in [0.25, 0.3) is 0 Å². The number of hydrogen-bond donors (Lipinski definition) is 2. The number of nitrogens with zero attached hydrogens (tertiary/aromatic N) is 5. The molecule has 0 unspecified atom stereocenters. The third kappa shape index (κ3) is 5.23. The third-order valence-electron chi connectivity index (χ3n) is 6.80. The van der Waals surface area contributed by atoms with Crippen molar-refractivity contribution in [1.29, 1.82) is 0 Å². The van der Waals surface area contributed by atoms with Gasteiger partial charge in [-0.25, -0.2) is 14.5 Å². The summed E-state index contributed by atoms with van der Waals surface area (Å²) in [6.07, 6.45) is 6.09. The van der Waals surface area contributed by atoms with E-state index in [1.807, 2.05) is 25.5 Å². The molecule has 192 valence electrons. The SMILES string of the molecule is COc1cc2c(cc1Nc1ncc3cnn(C4CC(CNC(=O)OC(C)(C)C)C4)c3n1)CN(C)CC2. The predicted octanol–water partition coefficient (Wildman–Crippen LogP) is 4.04. The van der Waals surface area contributed by atoms with Gasteiger partial charge in [0, 0.05) is 25.8 Å². The minimum absolute atomic E-state index is 0.240. The van der Waals surface area contributed by atoms with Crippen molar-refractivity contribution in [2.24, 2.45) is 5.92 Å². The van der Waals surface area contributed by atoms with Gasteiger partial charge in [0.05, 0.1) is 30.4 Å². The van der Waals surface area contributed by atoms with Gasteiger partial charge < -0.3 is 25.0 Å². The van der Waals surface area contributed by atoms with E-state index in [0.717, 1.165) is 54.8 Å². The number of methoxy groups -OCH3 is 1. The first-order valence-corrected chi connectivity index (χ1v) is 12.5. The molecule has 2 aromatic heterocycles. The van der Waals surface area contributed by atoms with E-state index in [9.17, 15) is 4.79 Å². The van der Waals surface area contributed by atoms with Crippen LogP contribution in [-0.2, 0) is 17.7 Å². The van der Waals surface area contributed by atoms with Gasteiger partial charge in [-0.15, -0.1) is 0 Å². The average molecular weight is 494 g/mol. The molecule has 36 heavy (non-hydrogen) atoms. The zero-order chi connectivity index (χ0) is 25.4. The Morgan fingerprint density at radius 2 is 2.00 bits per heavy atom. The summed E-state index contributed by atoms with van der Waals surface area (Å²) in [7, 11) is 3.82. The van der Waals surface area contributed by atoms with Crippen LogP contribution in [0.5, 0.6) is 5.75 Å². The molecule has 1 aromatic carbocycles. The topological polar surface area (TPSA) is 106 Å². The molecule has 3 heterocycles. The summed E-state index contributed by atoms with van der Waals surface area (Å²) in [5.41, 5.74) is 3.77. The van der Waals surface area contributed by atoms with E-state index < -0.39 is 5.60 Å². The molecule has 1 amide bonds. The van der Waals surface area contributed by atoms with Gasteiger partial charge in [-0.3, -0.25) is 0 Å². The Hall–Kier alpha value is -3.40. The van der Waals surface area contributed by atoms with Gasteiger partial charge in [0.2, 0.25) is 5.95 Å². The molecular weight excluding hydrogens is 458 g/mol. The molecule has 0 radical (unpaired) electrons. The van der Waals surface area contributed by atoms with Crippen LogP contribution in [0, 0.1) is 5.92 Å². The van der Waals surface area contributed by atoms with E-state index in [2.05, 4.69) is 44.8 Å². The van der Waals surface area contributed by atoms with Crippen LogP contribution in [0.4, 0.5) is 16.4 Å². The lowest BCUT2D eigenvalue weighted by atomic mass is 9.80. The number of anilines is 2. The fourth-order valence-corrected chi connectivity index (χ4v) is 4.89. The Kier molecular flexibility index (Phi) is 6.46. The lowest BCUT2D eigenvalue weighted by Crippen LogP contribution is -2.39. The van der Waals surface area contributed by atoms with Crippen LogP contribution in [0.25, 0.3) is 11.0 Å². The van der Waals surface area contributed by atoms with Gasteiger partial charge >= 0.3 is 6.09 Å². The molecule has 1 fully saturated rings. The van der Waals surface area contributed by atoms with Crippen LogP contribution >= 0.6 is 0 Å². The Morgan fingerprint density at radius 1 is 1.19 bits per heavy atom. The summed E-state index contributed by atoms with van der Waals surface area (Å²) in [5, 5.41) is 11.7. The Labute approximate surface area is 211 Å². The first-order chi connectivity index (χ1) is 17.2. The first kappa shape index (κ1) is 24.3. The van der Waals surface area contributed by atoms with Gasteiger partial charge in [0.1, 0.15) is 11.4 Å². The highest BCUT2D eigenvalue weighted by Gasteiger charge is 2.33. The molecule has 2 N–H and O–H groups in total. The normalized spacial score (nSPS) is 19.9. The predicted molar refractivity (Wildman–Crippen MR) is 138 cm³/mol. The molecular formula is C26H35N7O3. The number of alkyl carbamates (subject to hydrolysis) is 1. The van der Waals surface area contributed by atoms with E-state index in [4.69, 9.17) is 14.5 Å². The van der Waals surface area contributed by atoms with E-state index >= 15 is 0 Å². The summed E-state index contributed by atoms with van der Waals surface area (Å²) in [6, 6.07) is 4.50. The number of carbonyl (C=O) groups excluding carboxylic acids is 1. The molecule has 2 aliphatic rings. The second kappa shape index (κ2) is 9.57. The Morgan fingerprint density at radius 3 is 2.75 bits per heavy atom. The van der Waals surface area contributed by atoms with E-state index in [1.54, 1.807) is 19.5 Å². The zero-order valence-electron chi connectivity index (χ0n) is 21.7. The lowest BCUT2D eigenvalue weighted by Gasteiger charge is -2.35. The smallest absolute Gasteiger partial charge is 0.407 e. The van der Waals surface area contributed by atoms with Gasteiger partial charge in [-0.05, 0) is 76.3 Å². The number of nitrogens with one attached hydrogen (secondary N) is 2. The number of ether oxygens (including phenoxy) is 2. The van der Waals surface area contributed by atoms with Crippen molar-refractivity contribution in [2.45, 2.75) is 58.2 Å². The molecule has 0 spiro atoms. The van der Waals surface area contributed by atoms with E-state index in [-0.39, 0.29) is 12.1 Å². The number of likely N-dealkylation sites (N-methyl/N-ethyl adjacent to an activating group) is 1. The van der Waals surface area contributed by atoms with Crippen molar-refractivity contribution >= 4 is 28.8 Å². The van der Waals surface area contributed by atoms with Crippen molar-refractivity contribution in [2.75, 3.05) is 32.6 Å². The van der Waals surface area contributed by atoms with Crippen molar-refractivity contribution in [3.63, 3.8) is 0 Å².